The maximum absolute atomic E-state index is 2.47. The van der Waals surface area contributed by atoms with E-state index in [2.05, 4.69) is 184 Å². The molecule has 0 aromatic heterocycles. The Hall–Kier alpha value is -5.98. The van der Waals surface area contributed by atoms with Gasteiger partial charge in [-0.2, -0.15) is 0 Å². The average Bonchev–Trinajstić information content (AvgIpc) is 3.39. The SMILES string of the molecule is CC1(C)c2ccc(-c3c4ccccc4c(-c4ccc(-c5ccccc5)c5ccccc45)c4ccccc34)cc2-c2ccc3ccccc3c21. The van der Waals surface area contributed by atoms with Gasteiger partial charge in [-0.3, -0.25) is 0 Å². The van der Waals surface area contributed by atoms with Gasteiger partial charge in [0, 0.05) is 5.41 Å². The molecule has 0 bridgehead atoms. The van der Waals surface area contributed by atoms with E-state index in [1.54, 1.807) is 0 Å². The summed E-state index contributed by atoms with van der Waals surface area (Å²) in [6.07, 6.45) is 0. The van der Waals surface area contributed by atoms with Crippen LogP contribution in [-0.2, 0) is 5.41 Å². The molecular formula is C49H34. The molecule has 10 rings (SSSR count). The Bertz CT molecular complexity index is 2720. The highest BCUT2D eigenvalue weighted by molar-refractivity contribution is 6.24. The van der Waals surface area contributed by atoms with Crippen LogP contribution in [0.15, 0.2) is 170 Å². The Kier molecular flexibility index (Phi) is 6.02. The van der Waals surface area contributed by atoms with Crippen molar-refractivity contribution in [1.82, 2.24) is 0 Å². The number of rotatable bonds is 3. The Morgan fingerprint density at radius 1 is 0.327 bits per heavy atom. The molecular weight excluding hydrogens is 589 g/mol. The van der Waals surface area contributed by atoms with Crippen molar-refractivity contribution >= 4 is 43.1 Å². The first-order valence-electron chi connectivity index (χ1n) is 17.3. The highest BCUT2D eigenvalue weighted by Crippen LogP contribution is 2.53. The molecule has 230 valence electrons. The van der Waals surface area contributed by atoms with Crippen molar-refractivity contribution in [3.8, 4) is 44.5 Å². The van der Waals surface area contributed by atoms with Crippen molar-refractivity contribution in [2.45, 2.75) is 19.3 Å². The second kappa shape index (κ2) is 10.5. The van der Waals surface area contributed by atoms with E-state index < -0.39 is 0 Å². The third kappa shape index (κ3) is 4.04. The smallest absolute Gasteiger partial charge is 0.0165 e. The van der Waals surface area contributed by atoms with Gasteiger partial charge in [-0.1, -0.05) is 178 Å². The molecule has 1 aliphatic carbocycles. The quantitative estimate of drug-likeness (QED) is 0.172. The maximum atomic E-state index is 2.47. The van der Waals surface area contributed by atoms with Gasteiger partial charge in [-0.15, -0.1) is 0 Å². The van der Waals surface area contributed by atoms with Crippen LogP contribution >= 0.6 is 0 Å². The number of benzene rings is 9. The van der Waals surface area contributed by atoms with Crippen LogP contribution < -0.4 is 0 Å². The van der Waals surface area contributed by atoms with Gasteiger partial charge in [0.05, 0.1) is 0 Å². The number of fused-ring (bicyclic) bond motifs is 8. The molecule has 0 spiro atoms. The van der Waals surface area contributed by atoms with Crippen LogP contribution in [0, 0.1) is 0 Å². The standard InChI is InChI=1S/C49H34/c1-49(2)45-29-25-33(30-44(45)43-26-24-32-16-6-7-17-35(32)48(43)49)46-38-20-10-12-22-40(38)47(41-23-13-11-21-39(41)46)42-28-27-34(31-14-4-3-5-15-31)36-18-8-9-19-37(36)42/h3-30H,1-2H3. The summed E-state index contributed by atoms with van der Waals surface area (Å²) in [5.41, 5.74) is 13.1. The Balaban J connectivity index is 1.25. The molecule has 0 heterocycles. The van der Waals surface area contributed by atoms with Gasteiger partial charge in [-0.25, -0.2) is 0 Å². The summed E-state index contributed by atoms with van der Waals surface area (Å²) in [5.74, 6) is 0. The highest BCUT2D eigenvalue weighted by atomic mass is 14.4. The lowest BCUT2D eigenvalue weighted by Crippen LogP contribution is -2.15. The van der Waals surface area contributed by atoms with Crippen molar-refractivity contribution < 1.29 is 0 Å². The highest BCUT2D eigenvalue weighted by Gasteiger charge is 2.37. The Morgan fingerprint density at radius 3 is 1.51 bits per heavy atom. The van der Waals surface area contributed by atoms with Crippen LogP contribution in [0.2, 0.25) is 0 Å². The maximum Gasteiger partial charge on any atom is 0.0165 e. The zero-order valence-corrected chi connectivity index (χ0v) is 27.7. The molecule has 0 unspecified atom stereocenters. The molecule has 0 saturated carbocycles. The summed E-state index contributed by atoms with van der Waals surface area (Å²) in [5, 5.41) is 10.3. The lowest BCUT2D eigenvalue weighted by molar-refractivity contribution is 0.666. The Labute approximate surface area is 286 Å². The minimum Gasteiger partial charge on any atom is -0.0622 e. The molecule has 1 aliphatic rings. The minimum atomic E-state index is -0.0784. The van der Waals surface area contributed by atoms with Gasteiger partial charge in [0.1, 0.15) is 0 Å². The normalized spacial score (nSPS) is 13.3. The fourth-order valence-electron chi connectivity index (χ4n) is 8.89. The van der Waals surface area contributed by atoms with E-state index in [4.69, 9.17) is 0 Å². The number of hydrogen-bond acceptors (Lipinski definition) is 0. The first-order valence-corrected chi connectivity index (χ1v) is 17.3. The van der Waals surface area contributed by atoms with Crippen LogP contribution in [0.3, 0.4) is 0 Å². The Morgan fingerprint density at radius 2 is 0.837 bits per heavy atom. The van der Waals surface area contributed by atoms with E-state index in [0.717, 1.165) is 0 Å². The second-order valence-electron chi connectivity index (χ2n) is 14.0. The molecule has 9 aromatic rings. The van der Waals surface area contributed by atoms with Crippen LogP contribution in [0.5, 0.6) is 0 Å². The number of hydrogen-bond donors (Lipinski definition) is 0. The predicted molar refractivity (Wildman–Crippen MR) is 210 cm³/mol. The average molecular weight is 623 g/mol. The summed E-state index contributed by atoms with van der Waals surface area (Å²) in [6.45, 7) is 4.77. The molecule has 0 N–H and O–H groups in total. The molecule has 0 aliphatic heterocycles. The fraction of sp³-hybridized carbons (Fsp3) is 0.0612. The summed E-state index contributed by atoms with van der Waals surface area (Å²) in [6, 6.07) is 63.1. The zero-order valence-electron chi connectivity index (χ0n) is 27.7. The van der Waals surface area contributed by atoms with E-state index in [9.17, 15) is 0 Å². The second-order valence-corrected chi connectivity index (χ2v) is 14.0. The summed E-state index contributed by atoms with van der Waals surface area (Å²) in [7, 11) is 0. The van der Waals surface area contributed by atoms with Crippen LogP contribution in [0.25, 0.3) is 87.6 Å². The van der Waals surface area contributed by atoms with Gasteiger partial charge in [0.2, 0.25) is 0 Å². The van der Waals surface area contributed by atoms with E-state index in [-0.39, 0.29) is 5.41 Å². The predicted octanol–water partition coefficient (Wildman–Crippen LogP) is 13.6. The van der Waals surface area contributed by atoms with Crippen molar-refractivity contribution in [2.75, 3.05) is 0 Å². The molecule has 0 fully saturated rings. The summed E-state index contributed by atoms with van der Waals surface area (Å²) < 4.78 is 0. The summed E-state index contributed by atoms with van der Waals surface area (Å²) in [4.78, 5) is 0. The van der Waals surface area contributed by atoms with E-state index in [1.807, 2.05) is 0 Å². The largest absolute Gasteiger partial charge is 0.0622 e. The first kappa shape index (κ1) is 28.1. The minimum absolute atomic E-state index is 0.0784. The van der Waals surface area contributed by atoms with E-state index in [0.29, 0.717) is 0 Å². The first-order chi connectivity index (χ1) is 24.1. The zero-order chi connectivity index (χ0) is 32.7. The van der Waals surface area contributed by atoms with Crippen molar-refractivity contribution in [3.05, 3.63) is 181 Å². The molecule has 0 radical (unpaired) electrons. The van der Waals surface area contributed by atoms with Crippen molar-refractivity contribution in [2.24, 2.45) is 0 Å². The van der Waals surface area contributed by atoms with Gasteiger partial charge >= 0.3 is 0 Å². The third-order valence-corrected chi connectivity index (χ3v) is 11.0. The summed E-state index contributed by atoms with van der Waals surface area (Å²) >= 11 is 0. The lowest BCUT2D eigenvalue weighted by atomic mass is 9.79. The molecule has 9 aromatic carbocycles. The molecule has 0 amide bonds. The fourth-order valence-corrected chi connectivity index (χ4v) is 8.89. The van der Waals surface area contributed by atoms with Gasteiger partial charge in [-0.05, 0) is 105 Å². The molecule has 0 saturated heterocycles. The van der Waals surface area contributed by atoms with Gasteiger partial charge < -0.3 is 0 Å². The lowest BCUT2D eigenvalue weighted by Gasteiger charge is -2.23. The van der Waals surface area contributed by atoms with Crippen LogP contribution in [0.4, 0.5) is 0 Å². The topological polar surface area (TPSA) is 0 Å². The molecule has 0 nitrogen and oxygen atoms in total. The monoisotopic (exact) mass is 622 g/mol. The third-order valence-electron chi connectivity index (χ3n) is 11.0. The van der Waals surface area contributed by atoms with E-state index in [1.165, 1.54) is 98.7 Å². The van der Waals surface area contributed by atoms with Crippen LogP contribution in [0.1, 0.15) is 25.0 Å². The van der Waals surface area contributed by atoms with Crippen molar-refractivity contribution in [1.29, 1.82) is 0 Å². The molecule has 49 heavy (non-hydrogen) atoms. The molecule has 0 atom stereocenters. The van der Waals surface area contributed by atoms with Crippen molar-refractivity contribution in [3.63, 3.8) is 0 Å². The van der Waals surface area contributed by atoms with Gasteiger partial charge in [0.25, 0.3) is 0 Å². The van der Waals surface area contributed by atoms with Crippen LogP contribution in [-0.4, -0.2) is 0 Å². The van der Waals surface area contributed by atoms with E-state index >= 15 is 0 Å². The van der Waals surface area contributed by atoms with Gasteiger partial charge in [0.15, 0.2) is 0 Å². The molecule has 0 heteroatoms.